The minimum atomic E-state index is -0.108. The van der Waals surface area contributed by atoms with Gasteiger partial charge in [0.2, 0.25) is 0 Å². The number of aromatic nitrogens is 2. The fourth-order valence-corrected chi connectivity index (χ4v) is 3.21. The van der Waals surface area contributed by atoms with Crippen LogP contribution in [0.1, 0.15) is 11.4 Å². The van der Waals surface area contributed by atoms with Crippen LogP contribution in [-0.2, 0) is 6.42 Å². The van der Waals surface area contributed by atoms with Crippen LogP contribution < -0.4 is 5.56 Å². The first-order chi connectivity index (χ1) is 9.11. The first-order valence-electron chi connectivity index (χ1n) is 5.53. The Balaban J connectivity index is 2.03. The number of benzene rings is 1. The quantitative estimate of drug-likeness (QED) is 0.780. The van der Waals surface area contributed by atoms with Crippen LogP contribution in [0.2, 0.25) is 10.0 Å². The van der Waals surface area contributed by atoms with Crippen molar-refractivity contribution in [3.8, 4) is 0 Å². The molecule has 0 atom stereocenters. The van der Waals surface area contributed by atoms with E-state index in [-0.39, 0.29) is 5.56 Å². The molecule has 2 heterocycles. The van der Waals surface area contributed by atoms with Gasteiger partial charge in [-0.25, -0.2) is 4.98 Å². The lowest BCUT2D eigenvalue weighted by Gasteiger charge is -2.03. The van der Waals surface area contributed by atoms with E-state index in [1.54, 1.807) is 6.07 Å². The predicted octanol–water partition coefficient (Wildman–Crippen LogP) is 3.88. The highest BCUT2D eigenvalue weighted by Gasteiger charge is 2.06. The summed E-state index contributed by atoms with van der Waals surface area (Å²) in [4.78, 5) is 19.0. The molecule has 2 aromatic heterocycles. The van der Waals surface area contributed by atoms with Gasteiger partial charge in [0.05, 0.1) is 5.52 Å². The zero-order chi connectivity index (χ0) is 13.4. The molecule has 1 aromatic carbocycles. The first-order valence-corrected chi connectivity index (χ1v) is 7.17. The summed E-state index contributed by atoms with van der Waals surface area (Å²) < 4.78 is 0.646. The topological polar surface area (TPSA) is 45.8 Å². The monoisotopic (exact) mass is 310 g/mol. The van der Waals surface area contributed by atoms with Gasteiger partial charge < -0.3 is 4.98 Å². The van der Waals surface area contributed by atoms with Crippen molar-refractivity contribution in [1.29, 1.82) is 0 Å². The maximum absolute atomic E-state index is 11.8. The predicted molar refractivity (Wildman–Crippen MR) is 79.5 cm³/mol. The van der Waals surface area contributed by atoms with Crippen molar-refractivity contribution in [3.05, 3.63) is 61.4 Å². The highest BCUT2D eigenvalue weighted by Crippen LogP contribution is 2.21. The first kappa shape index (κ1) is 12.7. The number of hydrogen-bond donors (Lipinski definition) is 1. The van der Waals surface area contributed by atoms with Crippen LogP contribution in [0.4, 0.5) is 0 Å². The largest absolute Gasteiger partial charge is 0.309 e. The molecule has 0 saturated carbocycles. The Morgan fingerprint density at radius 2 is 1.95 bits per heavy atom. The Labute approximate surface area is 122 Å². The van der Waals surface area contributed by atoms with Gasteiger partial charge in [-0.2, -0.15) is 0 Å². The minimum Gasteiger partial charge on any atom is -0.309 e. The summed E-state index contributed by atoms with van der Waals surface area (Å²) in [5, 5.41) is 3.00. The molecule has 96 valence electrons. The van der Waals surface area contributed by atoms with E-state index in [1.807, 2.05) is 23.6 Å². The number of thiophene rings is 1. The molecular formula is C13H8Cl2N2OS. The molecule has 19 heavy (non-hydrogen) atoms. The molecule has 0 fully saturated rings. The van der Waals surface area contributed by atoms with E-state index >= 15 is 0 Å². The van der Waals surface area contributed by atoms with Gasteiger partial charge in [0.15, 0.2) is 0 Å². The molecule has 3 rings (SSSR count). The maximum Gasteiger partial charge on any atom is 0.268 e. The molecule has 0 spiro atoms. The molecule has 0 unspecified atom stereocenters. The van der Waals surface area contributed by atoms with Gasteiger partial charge in [0.25, 0.3) is 5.56 Å². The summed E-state index contributed by atoms with van der Waals surface area (Å²) in [6, 6.07) is 7.13. The van der Waals surface area contributed by atoms with Crippen molar-refractivity contribution in [2.45, 2.75) is 6.42 Å². The van der Waals surface area contributed by atoms with Crippen molar-refractivity contribution in [2.75, 3.05) is 0 Å². The lowest BCUT2D eigenvalue weighted by molar-refractivity contribution is 0.976. The van der Waals surface area contributed by atoms with E-state index < -0.39 is 0 Å². The van der Waals surface area contributed by atoms with Gasteiger partial charge in [-0.1, -0.05) is 23.2 Å². The number of fused-ring (bicyclic) bond motifs is 1. The van der Waals surface area contributed by atoms with E-state index in [2.05, 4.69) is 9.97 Å². The SMILES string of the molecule is O=c1[nH]c(Cc2cc(Cl)cc(Cl)c2)nc2ccsc12. The lowest BCUT2D eigenvalue weighted by atomic mass is 10.1. The van der Waals surface area contributed by atoms with E-state index in [1.165, 1.54) is 11.3 Å². The average Bonchev–Trinajstić information content (AvgIpc) is 2.75. The Bertz CT molecular complexity index is 790. The fraction of sp³-hybridized carbons (Fsp3) is 0.0769. The molecule has 3 nitrogen and oxygen atoms in total. The standard InChI is InChI=1S/C13H8Cl2N2OS/c14-8-3-7(4-9(15)6-8)5-11-16-10-1-2-19-12(10)13(18)17-11/h1-4,6H,5H2,(H,16,17,18). The highest BCUT2D eigenvalue weighted by molar-refractivity contribution is 7.17. The second kappa shape index (κ2) is 4.96. The van der Waals surface area contributed by atoms with Crippen LogP contribution in [0.3, 0.4) is 0 Å². The lowest BCUT2D eigenvalue weighted by Crippen LogP contribution is -2.10. The Morgan fingerprint density at radius 3 is 2.68 bits per heavy atom. The van der Waals surface area contributed by atoms with E-state index in [0.29, 0.717) is 27.0 Å². The molecule has 0 aliphatic rings. The number of aromatic amines is 1. The van der Waals surface area contributed by atoms with Crippen LogP contribution in [0, 0.1) is 0 Å². The van der Waals surface area contributed by atoms with Gasteiger partial charge in [-0.3, -0.25) is 4.79 Å². The zero-order valence-corrected chi connectivity index (χ0v) is 11.9. The minimum absolute atomic E-state index is 0.108. The van der Waals surface area contributed by atoms with Crippen molar-refractivity contribution in [3.63, 3.8) is 0 Å². The van der Waals surface area contributed by atoms with Crippen LogP contribution in [0.25, 0.3) is 10.2 Å². The molecule has 0 aliphatic carbocycles. The molecule has 1 N–H and O–H groups in total. The number of nitrogens with zero attached hydrogens (tertiary/aromatic N) is 1. The van der Waals surface area contributed by atoms with Gasteiger partial charge in [0.1, 0.15) is 10.5 Å². The number of H-pyrrole nitrogens is 1. The molecule has 0 bridgehead atoms. The van der Waals surface area contributed by atoms with E-state index in [0.717, 1.165) is 11.1 Å². The molecule has 0 saturated heterocycles. The molecule has 0 amide bonds. The smallest absolute Gasteiger partial charge is 0.268 e. The van der Waals surface area contributed by atoms with Crippen LogP contribution >= 0.6 is 34.5 Å². The highest BCUT2D eigenvalue weighted by atomic mass is 35.5. The Morgan fingerprint density at radius 1 is 1.21 bits per heavy atom. The summed E-state index contributed by atoms with van der Waals surface area (Å²) in [6.07, 6.45) is 0.487. The average molecular weight is 311 g/mol. The van der Waals surface area contributed by atoms with Crippen molar-refractivity contribution in [1.82, 2.24) is 9.97 Å². The number of halogens is 2. The van der Waals surface area contributed by atoms with E-state index in [4.69, 9.17) is 23.2 Å². The summed E-state index contributed by atoms with van der Waals surface area (Å²) in [6.45, 7) is 0. The van der Waals surface area contributed by atoms with Crippen LogP contribution in [0.5, 0.6) is 0 Å². The normalized spacial score (nSPS) is 11.1. The number of nitrogens with one attached hydrogen (secondary N) is 1. The van der Waals surface area contributed by atoms with Crippen molar-refractivity contribution >= 4 is 44.8 Å². The summed E-state index contributed by atoms with van der Waals surface area (Å²) in [7, 11) is 0. The van der Waals surface area contributed by atoms with Crippen molar-refractivity contribution in [2.24, 2.45) is 0 Å². The summed E-state index contributed by atoms with van der Waals surface area (Å²) in [5.74, 6) is 0.606. The molecule has 6 heteroatoms. The summed E-state index contributed by atoms with van der Waals surface area (Å²) in [5.41, 5.74) is 1.52. The Hall–Kier alpha value is -1.36. The maximum atomic E-state index is 11.8. The second-order valence-corrected chi connectivity index (χ2v) is 5.89. The van der Waals surface area contributed by atoms with Gasteiger partial charge in [-0.05, 0) is 35.2 Å². The Kier molecular flexibility index (Phi) is 3.31. The van der Waals surface area contributed by atoms with Crippen LogP contribution in [-0.4, -0.2) is 9.97 Å². The van der Waals surface area contributed by atoms with Gasteiger partial charge in [0, 0.05) is 16.5 Å². The molecule has 3 aromatic rings. The third-order valence-corrected chi connectivity index (χ3v) is 4.00. The third-order valence-electron chi connectivity index (χ3n) is 2.66. The van der Waals surface area contributed by atoms with Crippen LogP contribution in [0.15, 0.2) is 34.4 Å². The van der Waals surface area contributed by atoms with Gasteiger partial charge in [-0.15, -0.1) is 11.3 Å². The molecular weight excluding hydrogens is 303 g/mol. The number of hydrogen-bond acceptors (Lipinski definition) is 3. The fourth-order valence-electron chi connectivity index (χ4n) is 1.91. The van der Waals surface area contributed by atoms with Crippen molar-refractivity contribution < 1.29 is 0 Å². The van der Waals surface area contributed by atoms with Gasteiger partial charge >= 0.3 is 0 Å². The molecule has 0 aliphatic heterocycles. The second-order valence-electron chi connectivity index (χ2n) is 4.10. The molecule has 0 radical (unpaired) electrons. The number of rotatable bonds is 2. The zero-order valence-electron chi connectivity index (χ0n) is 9.61. The van der Waals surface area contributed by atoms with E-state index in [9.17, 15) is 4.79 Å². The third kappa shape index (κ3) is 2.66. The summed E-state index contributed by atoms with van der Waals surface area (Å²) >= 11 is 13.3.